The normalized spacial score (nSPS) is 10.5. The van der Waals surface area contributed by atoms with Gasteiger partial charge in [0.2, 0.25) is 0 Å². The lowest BCUT2D eigenvalue weighted by Crippen LogP contribution is -1.90. The highest BCUT2D eigenvalue weighted by atomic mass is 16.5. The van der Waals surface area contributed by atoms with E-state index in [1.165, 1.54) is 0 Å². The Balaban J connectivity index is 2.32. The third-order valence-corrected chi connectivity index (χ3v) is 3.74. The molecule has 0 aliphatic carbocycles. The second-order valence-electron chi connectivity index (χ2n) is 5.10. The summed E-state index contributed by atoms with van der Waals surface area (Å²) in [5.41, 5.74) is 4.25. The first kappa shape index (κ1) is 14.0. The van der Waals surface area contributed by atoms with Crippen molar-refractivity contribution in [3.63, 3.8) is 0 Å². The van der Waals surface area contributed by atoms with E-state index in [9.17, 15) is 5.26 Å². The van der Waals surface area contributed by atoms with Crippen LogP contribution in [0.4, 0.5) is 0 Å². The predicted molar refractivity (Wildman–Crippen MR) is 86.3 cm³/mol. The predicted octanol–water partition coefficient (Wildman–Crippen LogP) is 4.03. The number of nitrogens with zero attached hydrogens (tertiary/aromatic N) is 1. The van der Waals surface area contributed by atoms with Crippen molar-refractivity contribution in [3.8, 4) is 28.8 Å². The fraction of sp³-hybridized carbons (Fsp3) is 0.167. The zero-order valence-corrected chi connectivity index (χ0v) is 12.7. The lowest BCUT2D eigenvalue weighted by atomic mass is 10.0. The van der Waals surface area contributed by atoms with E-state index in [4.69, 9.17) is 9.47 Å². The summed E-state index contributed by atoms with van der Waals surface area (Å²) in [6.45, 7) is 2.01. The van der Waals surface area contributed by atoms with Crippen molar-refractivity contribution >= 4 is 10.9 Å². The molecular weight excluding hydrogens is 276 g/mol. The smallest absolute Gasteiger partial charge is 0.128 e. The van der Waals surface area contributed by atoms with Gasteiger partial charge in [-0.1, -0.05) is 11.6 Å². The van der Waals surface area contributed by atoms with Gasteiger partial charge in [0.1, 0.15) is 17.6 Å². The summed E-state index contributed by atoms with van der Waals surface area (Å²) in [7, 11) is 3.25. The first-order valence-electron chi connectivity index (χ1n) is 6.92. The largest absolute Gasteiger partial charge is 0.497 e. The second kappa shape index (κ2) is 5.45. The average molecular weight is 292 g/mol. The standard InChI is InChI=1S/C18H16N2O2/c1-11-4-7-17(22-3)14(8-11)18-15(10-19)13-9-12(21-2)5-6-16(13)20-18/h4-9,20H,1-3H3. The summed E-state index contributed by atoms with van der Waals surface area (Å²) in [4.78, 5) is 3.33. The number of rotatable bonds is 3. The molecule has 0 atom stereocenters. The number of nitrogens with one attached hydrogen (secondary N) is 1. The Bertz CT molecular complexity index is 888. The van der Waals surface area contributed by atoms with E-state index < -0.39 is 0 Å². The number of fused-ring (bicyclic) bond motifs is 1. The van der Waals surface area contributed by atoms with E-state index in [0.29, 0.717) is 5.56 Å². The minimum absolute atomic E-state index is 0.595. The molecule has 0 radical (unpaired) electrons. The minimum Gasteiger partial charge on any atom is -0.497 e. The van der Waals surface area contributed by atoms with Gasteiger partial charge in [0.25, 0.3) is 0 Å². The van der Waals surface area contributed by atoms with E-state index in [-0.39, 0.29) is 0 Å². The van der Waals surface area contributed by atoms with E-state index >= 15 is 0 Å². The van der Waals surface area contributed by atoms with Crippen molar-refractivity contribution in [2.24, 2.45) is 0 Å². The number of methoxy groups -OCH3 is 2. The van der Waals surface area contributed by atoms with Gasteiger partial charge in [-0.25, -0.2) is 0 Å². The molecule has 0 amide bonds. The number of nitriles is 1. The summed E-state index contributed by atoms with van der Waals surface area (Å²) < 4.78 is 10.7. The maximum absolute atomic E-state index is 9.61. The van der Waals surface area contributed by atoms with Crippen LogP contribution in [0, 0.1) is 18.3 Å². The first-order valence-corrected chi connectivity index (χ1v) is 6.92. The van der Waals surface area contributed by atoms with Crippen molar-refractivity contribution in [1.29, 1.82) is 5.26 Å². The molecule has 0 unspecified atom stereocenters. The number of benzene rings is 2. The number of hydrogen-bond acceptors (Lipinski definition) is 3. The highest BCUT2D eigenvalue weighted by Crippen LogP contribution is 2.36. The van der Waals surface area contributed by atoms with Gasteiger partial charge in [0, 0.05) is 16.5 Å². The molecule has 110 valence electrons. The third-order valence-electron chi connectivity index (χ3n) is 3.74. The van der Waals surface area contributed by atoms with Crippen LogP contribution in [0.1, 0.15) is 11.1 Å². The fourth-order valence-corrected chi connectivity index (χ4v) is 2.63. The summed E-state index contributed by atoms with van der Waals surface area (Å²) in [6.07, 6.45) is 0. The van der Waals surface area contributed by atoms with Crippen LogP contribution in [0.5, 0.6) is 11.5 Å². The number of aromatic amines is 1. The monoisotopic (exact) mass is 292 g/mol. The number of H-pyrrole nitrogens is 1. The molecule has 0 fully saturated rings. The minimum atomic E-state index is 0.595. The van der Waals surface area contributed by atoms with Crippen molar-refractivity contribution in [1.82, 2.24) is 4.98 Å². The zero-order valence-electron chi connectivity index (χ0n) is 12.7. The van der Waals surface area contributed by atoms with Crippen molar-refractivity contribution in [2.75, 3.05) is 14.2 Å². The van der Waals surface area contributed by atoms with Gasteiger partial charge in [-0.15, -0.1) is 0 Å². The van der Waals surface area contributed by atoms with E-state index in [0.717, 1.165) is 39.2 Å². The van der Waals surface area contributed by atoms with Crippen molar-refractivity contribution in [2.45, 2.75) is 6.92 Å². The molecule has 0 aliphatic heterocycles. The molecule has 1 heterocycles. The average Bonchev–Trinajstić information content (AvgIpc) is 2.92. The fourth-order valence-electron chi connectivity index (χ4n) is 2.63. The molecule has 4 nitrogen and oxygen atoms in total. The highest BCUT2D eigenvalue weighted by molar-refractivity contribution is 5.95. The van der Waals surface area contributed by atoms with Crippen LogP contribution >= 0.6 is 0 Å². The Morgan fingerprint density at radius 2 is 1.86 bits per heavy atom. The molecule has 3 rings (SSSR count). The molecule has 0 saturated carbocycles. The van der Waals surface area contributed by atoms with Crippen LogP contribution in [0.2, 0.25) is 0 Å². The van der Waals surface area contributed by atoms with Crippen LogP contribution < -0.4 is 9.47 Å². The number of hydrogen-bond donors (Lipinski definition) is 1. The third kappa shape index (κ3) is 2.17. The number of aryl methyl sites for hydroxylation is 1. The SMILES string of the molecule is COc1ccc2[nH]c(-c3cc(C)ccc3OC)c(C#N)c2c1. The van der Waals surface area contributed by atoms with Gasteiger partial charge in [-0.3, -0.25) is 0 Å². The Morgan fingerprint density at radius 3 is 2.55 bits per heavy atom. The lowest BCUT2D eigenvalue weighted by molar-refractivity contribution is 0.415. The van der Waals surface area contributed by atoms with Gasteiger partial charge in [0.05, 0.1) is 25.5 Å². The summed E-state index contributed by atoms with van der Waals surface area (Å²) in [5, 5.41) is 10.5. The molecule has 0 bridgehead atoms. The van der Waals surface area contributed by atoms with Gasteiger partial charge in [-0.05, 0) is 37.3 Å². The van der Waals surface area contributed by atoms with Crippen molar-refractivity contribution in [3.05, 3.63) is 47.5 Å². The van der Waals surface area contributed by atoms with Gasteiger partial charge < -0.3 is 14.5 Å². The van der Waals surface area contributed by atoms with Gasteiger partial charge in [-0.2, -0.15) is 5.26 Å². The van der Waals surface area contributed by atoms with Crippen LogP contribution in [-0.4, -0.2) is 19.2 Å². The Kier molecular flexibility index (Phi) is 3.48. The Hall–Kier alpha value is -2.93. The summed E-state index contributed by atoms with van der Waals surface area (Å²) in [5.74, 6) is 1.46. The lowest BCUT2D eigenvalue weighted by Gasteiger charge is -2.08. The Morgan fingerprint density at radius 1 is 1.05 bits per heavy atom. The molecule has 0 aliphatic rings. The van der Waals surface area contributed by atoms with Crippen LogP contribution in [0.3, 0.4) is 0 Å². The van der Waals surface area contributed by atoms with E-state index in [1.807, 2.05) is 43.3 Å². The Labute approximate surface area is 128 Å². The molecule has 3 aromatic rings. The molecule has 4 heteroatoms. The maximum atomic E-state index is 9.61. The van der Waals surface area contributed by atoms with Gasteiger partial charge in [0.15, 0.2) is 0 Å². The second-order valence-corrected chi connectivity index (χ2v) is 5.10. The summed E-state index contributed by atoms with van der Waals surface area (Å²) in [6, 6.07) is 13.9. The van der Waals surface area contributed by atoms with Gasteiger partial charge >= 0.3 is 0 Å². The molecule has 22 heavy (non-hydrogen) atoms. The quantitative estimate of drug-likeness (QED) is 0.792. The topological polar surface area (TPSA) is 58.0 Å². The number of ether oxygens (including phenoxy) is 2. The molecule has 1 aromatic heterocycles. The summed E-state index contributed by atoms with van der Waals surface area (Å²) >= 11 is 0. The molecular formula is C18H16N2O2. The zero-order chi connectivity index (χ0) is 15.7. The van der Waals surface area contributed by atoms with Crippen LogP contribution in [0.25, 0.3) is 22.2 Å². The molecule has 0 saturated heterocycles. The highest BCUT2D eigenvalue weighted by Gasteiger charge is 2.17. The molecule has 2 aromatic carbocycles. The van der Waals surface area contributed by atoms with Crippen LogP contribution in [0.15, 0.2) is 36.4 Å². The van der Waals surface area contributed by atoms with Crippen LogP contribution in [-0.2, 0) is 0 Å². The maximum Gasteiger partial charge on any atom is 0.128 e. The molecule has 1 N–H and O–H groups in total. The van der Waals surface area contributed by atoms with E-state index in [1.54, 1.807) is 14.2 Å². The van der Waals surface area contributed by atoms with Crippen molar-refractivity contribution < 1.29 is 9.47 Å². The van der Waals surface area contributed by atoms with E-state index in [2.05, 4.69) is 11.1 Å². The molecule has 0 spiro atoms. The first-order chi connectivity index (χ1) is 10.7. The number of aromatic nitrogens is 1.